The third-order valence-corrected chi connectivity index (χ3v) is 3.68. The molecule has 0 unspecified atom stereocenters. The Kier molecular flexibility index (Phi) is 5.71. The predicted octanol–water partition coefficient (Wildman–Crippen LogP) is 3.69. The van der Waals surface area contributed by atoms with Crippen molar-refractivity contribution in [2.24, 2.45) is 0 Å². The van der Waals surface area contributed by atoms with E-state index in [4.69, 9.17) is 4.74 Å². The maximum absolute atomic E-state index is 11.9. The third kappa shape index (κ3) is 5.14. The maximum atomic E-state index is 11.9. The Labute approximate surface area is 151 Å². The van der Waals surface area contributed by atoms with Crippen LogP contribution in [0.4, 0.5) is 11.4 Å². The van der Waals surface area contributed by atoms with E-state index < -0.39 is 23.4 Å². The van der Waals surface area contributed by atoms with E-state index in [1.54, 1.807) is 12.1 Å². The van der Waals surface area contributed by atoms with Crippen LogP contribution in [0.1, 0.15) is 36.7 Å². The van der Waals surface area contributed by atoms with Crippen molar-refractivity contribution < 1.29 is 19.2 Å². The Balaban J connectivity index is 1.88. The molecule has 0 bridgehead atoms. The Bertz CT molecular complexity index is 805. The molecule has 0 aromatic heterocycles. The van der Waals surface area contributed by atoms with E-state index in [9.17, 15) is 19.7 Å². The van der Waals surface area contributed by atoms with Gasteiger partial charge in [0.1, 0.15) is 0 Å². The van der Waals surface area contributed by atoms with Gasteiger partial charge in [0, 0.05) is 17.8 Å². The smallest absolute Gasteiger partial charge is 0.338 e. The summed E-state index contributed by atoms with van der Waals surface area (Å²) in [5.74, 6) is -1.19. The van der Waals surface area contributed by atoms with Crippen LogP contribution in [0.25, 0.3) is 0 Å². The summed E-state index contributed by atoms with van der Waals surface area (Å²) in [4.78, 5) is 33.8. The van der Waals surface area contributed by atoms with Gasteiger partial charge in [0.2, 0.25) is 0 Å². The molecule has 0 aliphatic heterocycles. The average Bonchev–Trinajstić information content (AvgIpc) is 2.59. The second-order valence-electron chi connectivity index (χ2n) is 6.76. The van der Waals surface area contributed by atoms with Crippen LogP contribution in [0.3, 0.4) is 0 Å². The lowest BCUT2D eigenvalue weighted by molar-refractivity contribution is -0.384. The first-order chi connectivity index (χ1) is 12.2. The van der Waals surface area contributed by atoms with Crippen LogP contribution in [-0.2, 0) is 14.9 Å². The first-order valence-corrected chi connectivity index (χ1v) is 7.99. The molecule has 26 heavy (non-hydrogen) atoms. The van der Waals surface area contributed by atoms with Gasteiger partial charge in [-0.2, -0.15) is 0 Å². The summed E-state index contributed by atoms with van der Waals surface area (Å²) in [5, 5.41) is 13.2. The molecule has 0 aliphatic rings. The zero-order valence-corrected chi connectivity index (χ0v) is 14.8. The number of hydrogen-bond donors (Lipinski definition) is 1. The van der Waals surface area contributed by atoms with Crippen molar-refractivity contribution in [2.45, 2.75) is 26.2 Å². The van der Waals surface area contributed by atoms with E-state index in [2.05, 4.69) is 26.1 Å². The molecular weight excluding hydrogens is 336 g/mol. The van der Waals surface area contributed by atoms with Crippen molar-refractivity contribution in [1.29, 1.82) is 0 Å². The van der Waals surface area contributed by atoms with Crippen LogP contribution in [0, 0.1) is 10.1 Å². The average molecular weight is 356 g/mol. The number of rotatable bonds is 5. The van der Waals surface area contributed by atoms with E-state index in [0.717, 1.165) is 5.56 Å². The summed E-state index contributed by atoms with van der Waals surface area (Å²) in [7, 11) is 0. The fraction of sp³-hybridized carbons (Fsp3) is 0.263. The number of amides is 1. The summed E-state index contributed by atoms with van der Waals surface area (Å²) in [6.07, 6.45) is 0. The summed E-state index contributed by atoms with van der Waals surface area (Å²) < 4.78 is 4.92. The lowest BCUT2D eigenvalue weighted by Crippen LogP contribution is -2.21. The van der Waals surface area contributed by atoms with Crippen LogP contribution < -0.4 is 5.32 Å². The number of nitrogens with one attached hydrogen (secondary N) is 1. The zero-order chi connectivity index (χ0) is 19.3. The molecule has 136 valence electrons. The third-order valence-electron chi connectivity index (χ3n) is 3.68. The van der Waals surface area contributed by atoms with Gasteiger partial charge in [-0.3, -0.25) is 14.9 Å². The fourth-order valence-corrected chi connectivity index (χ4v) is 2.18. The summed E-state index contributed by atoms with van der Waals surface area (Å²) in [6, 6.07) is 12.4. The molecule has 0 heterocycles. The van der Waals surface area contributed by atoms with Crippen molar-refractivity contribution in [2.75, 3.05) is 11.9 Å². The quantitative estimate of drug-likeness (QED) is 0.500. The lowest BCUT2D eigenvalue weighted by atomic mass is 9.87. The molecule has 1 N–H and O–H groups in total. The standard InChI is InChI=1S/C19H20N2O5/c1-19(2,3)14-6-8-15(9-7-14)20-17(22)12-26-18(23)13-4-10-16(11-5-13)21(24)25/h4-11H,12H2,1-3H3,(H,20,22). The summed E-state index contributed by atoms with van der Waals surface area (Å²) in [5.41, 5.74) is 1.77. The number of carbonyl (C=O) groups excluding carboxylic acids is 2. The highest BCUT2D eigenvalue weighted by Crippen LogP contribution is 2.23. The van der Waals surface area contributed by atoms with Gasteiger partial charge >= 0.3 is 5.97 Å². The number of nitrogens with zero attached hydrogens (tertiary/aromatic N) is 1. The highest BCUT2D eigenvalue weighted by Gasteiger charge is 2.14. The minimum Gasteiger partial charge on any atom is -0.452 e. The van der Waals surface area contributed by atoms with Crippen LogP contribution in [0.15, 0.2) is 48.5 Å². The van der Waals surface area contributed by atoms with Gasteiger partial charge in [0.25, 0.3) is 11.6 Å². The topological polar surface area (TPSA) is 98.5 Å². The van der Waals surface area contributed by atoms with Gasteiger partial charge in [-0.25, -0.2) is 4.79 Å². The molecule has 0 spiro atoms. The van der Waals surface area contributed by atoms with E-state index >= 15 is 0 Å². The number of nitro benzene ring substituents is 1. The van der Waals surface area contributed by atoms with Crippen LogP contribution in [-0.4, -0.2) is 23.4 Å². The molecular formula is C19H20N2O5. The predicted molar refractivity (Wildman–Crippen MR) is 97.2 cm³/mol. The molecule has 0 saturated carbocycles. The molecule has 0 saturated heterocycles. The monoisotopic (exact) mass is 356 g/mol. The number of benzene rings is 2. The van der Waals surface area contributed by atoms with E-state index in [1.165, 1.54) is 24.3 Å². The molecule has 0 atom stereocenters. The fourth-order valence-electron chi connectivity index (χ4n) is 2.18. The molecule has 0 fully saturated rings. The van der Waals surface area contributed by atoms with Gasteiger partial charge < -0.3 is 10.1 Å². The molecule has 2 aromatic rings. The van der Waals surface area contributed by atoms with E-state index in [-0.39, 0.29) is 16.7 Å². The van der Waals surface area contributed by atoms with Crippen molar-refractivity contribution in [3.63, 3.8) is 0 Å². The number of hydrogen-bond acceptors (Lipinski definition) is 5. The summed E-state index contributed by atoms with van der Waals surface area (Å²) >= 11 is 0. The molecule has 1 amide bonds. The van der Waals surface area contributed by atoms with Gasteiger partial charge in [-0.1, -0.05) is 32.9 Å². The van der Waals surface area contributed by atoms with Gasteiger partial charge in [0.15, 0.2) is 6.61 Å². The van der Waals surface area contributed by atoms with Crippen molar-refractivity contribution in [1.82, 2.24) is 0 Å². The molecule has 0 aliphatic carbocycles. The Morgan fingerprint density at radius 2 is 1.62 bits per heavy atom. The number of ether oxygens (including phenoxy) is 1. The molecule has 7 nitrogen and oxygen atoms in total. The summed E-state index contributed by atoms with van der Waals surface area (Å²) in [6.45, 7) is 5.84. The number of carbonyl (C=O) groups is 2. The molecule has 0 radical (unpaired) electrons. The highest BCUT2D eigenvalue weighted by molar-refractivity contribution is 5.95. The lowest BCUT2D eigenvalue weighted by Gasteiger charge is -2.19. The molecule has 2 rings (SSSR count). The van der Waals surface area contributed by atoms with Crippen LogP contribution in [0.2, 0.25) is 0 Å². The number of esters is 1. The van der Waals surface area contributed by atoms with Crippen molar-refractivity contribution in [3.05, 3.63) is 69.8 Å². The minimum absolute atomic E-state index is 0.0167. The van der Waals surface area contributed by atoms with Gasteiger partial charge in [-0.05, 0) is 35.2 Å². The molecule has 2 aromatic carbocycles. The van der Waals surface area contributed by atoms with Crippen molar-refractivity contribution in [3.8, 4) is 0 Å². The van der Waals surface area contributed by atoms with Crippen molar-refractivity contribution >= 4 is 23.3 Å². The van der Waals surface area contributed by atoms with E-state index in [1.807, 2.05) is 12.1 Å². The Hall–Kier alpha value is -3.22. The number of nitro groups is 1. The Morgan fingerprint density at radius 1 is 1.04 bits per heavy atom. The van der Waals surface area contributed by atoms with Gasteiger partial charge in [-0.15, -0.1) is 0 Å². The highest BCUT2D eigenvalue weighted by atomic mass is 16.6. The number of anilines is 1. The SMILES string of the molecule is CC(C)(C)c1ccc(NC(=O)COC(=O)c2ccc([N+](=O)[O-])cc2)cc1. The Morgan fingerprint density at radius 3 is 2.12 bits per heavy atom. The second-order valence-corrected chi connectivity index (χ2v) is 6.76. The van der Waals surface area contributed by atoms with E-state index in [0.29, 0.717) is 5.69 Å². The number of non-ortho nitro benzene ring substituents is 1. The molecule has 7 heteroatoms. The normalized spacial score (nSPS) is 10.9. The minimum atomic E-state index is -0.724. The maximum Gasteiger partial charge on any atom is 0.338 e. The van der Waals surface area contributed by atoms with Crippen LogP contribution >= 0.6 is 0 Å². The van der Waals surface area contributed by atoms with Crippen LogP contribution in [0.5, 0.6) is 0 Å². The van der Waals surface area contributed by atoms with Gasteiger partial charge in [0.05, 0.1) is 10.5 Å². The second kappa shape index (κ2) is 7.77. The first-order valence-electron chi connectivity index (χ1n) is 7.99. The first kappa shape index (κ1) is 19.1. The zero-order valence-electron chi connectivity index (χ0n) is 14.8. The largest absolute Gasteiger partial charge is 0.452 e.